The maximum Gasteiger partial charge on any atom is 0.191 e. The lowest BCUT2D eigenvalue weighted by Crippen LogP contribution is -2.38. The molecule has 0 bridgehead atoms. The summed E-state index contributed by atoms with van der Waals surface area (Å²) in [7, 11) is 0. The van der Waals surface area contributed by atoms with E-state index in [1.165, 1.54) is 5.56 Å². The Bertz CT molecular complexity index is 428. The molecule has 0 fully saturated rings. The summed E-state index contributed by atoms with van der Waals surface area (Å²) in [5.74, 6) is 1.20. The van der Waals surface area contributed by atoms with Gasteiger partial charge >= 0.3 is 0 Å². The van der Waals surface area contributed by atoms with Crippen molar-refractivity contribution in [1.29, 1.82) is 0 Å². The maximum atomic E-state index is 6.03. The molecule has 2 N–H and O–H groups in total. The van der Waals surface area contributed by atoms with Crippen molar-refractivity contribution in [2.24, 2.45) is 16.6 Å². The first-order chi connectivity index (χ1) is 8.08. The Morgan fingerprint density at radius 3 is 2.94 bits per heavy atom. The molecule has 1 aliphatic rings. The highest BCUT2D eigenvalue weighted by Gasteiger charge is 2.27. The van der Waals surface area contributed by atoms with Crippen molar-refractivity contribution in [2.75, 3.05) is 13.1 Å². The zero-order valence-corrected chi connectivity index (χ0v) is 11.0. The van der Waals surface area contributed by atoms with Crippen LogP contribution in [0, 0.1) is 5.92 Å². The van der Waals surface area contributed by atoms with Crippen molar-refractivity contribution in [3.8, 4) is 0 Å². The number of nitrogens with zero attached hydrogens (tertiary/aromatic N) is 2. The average molecular weight is 252 g/mol. The SMILES string of the molecule is CC(C)CN1C(N)=NCC1c1cccc(Cl)c1. The minimum Gasteiger partial charge on any atom is -0.370 e. The molecule has 0 saturated carbocycles. The molecule has 0 radical (unpaired) electrons. The van der Waals surface area contributed by atoms with E-state index in [0.717, 1.165) is 18.1 Å². The van der Waals surface area contributed by atoms with Crippen molar-refractivity contribution in [3.63, 3.8) is 0 Å². The Morgan fingerprint density at radius 2 is 2.29 bits per heavy atom. The maximum absolute atomic E-state index is 6.03. The van der Waals surface area contributed by atoms with Crippen LogP contribution in [-0.4, -0.2) is 23.9 Å². The van der Waals surface area contributed by atoms with Crippen LogP contribution in [0.4, 0.5) is 0 Å². The molecule has 4 heteroatoms. The molecular weight excluding hydrogens is 234 g/mol. The third kappa shape index (κ3) is 2.72. The van der Waals surface area contributed by atoms with Crippen molar-refractivity contribution in [1.82, 2.24) is 4.90 Å². The van der Waals surface area contributed by atoms with Gasteiger partial charge in [0.25, 0.3) is 0 Å². The zero-order valence-electron chi connectivity index (χ0n) is 10.2. The van der Waals surface area contributed by atoms with Gasteiger partial charge in [0.1, 0.15) is 0 Å². The van der Waals surface area contributed by atoms with Gasteiger partial charge in [-0.05, 0) is 23.6 Å². The van der Waals surface area contributed by atoms with Gasteiger partial charge in [0.15, 0.2) is 5.96 Å². The lowest BCUT2D eigenvalue weighted by atomic mass is 10.1. The lowest BCUT2D eigenvalue weighted by Gasteiger charge is -2.28. The van der Waals surface area contributed by atoms with Crippen molar-refractivity contribution < 1.29 is 0 Å². The quantitative estimate of drug-likeness (QED) is 0.898. The number of hydrogen-bond donors (Lipinski definition) is 1. The second-order valence-electron chi connectivity index (χ2n) is 4.82. The Balaban J connectivity index is 2.21. The van der Waals surface area contributed by atoms with Crippen LogP contribution in [0.1, 0.15) is 25.5 Å². The summed E-state index contributed by atoms with van der Waals surface area (Å²) < 4.78 is 0. The fraction of sp³-hybridized carbons (Fsp3) is 0.462. The predicted molar refractivity (Wildman–Crippen MR) is 72.2 cm³/mol. The van der Waals surface area contributed by atoms with Gasteiger partial charge in [-0.25, -0.2) is 0 Å². The minimum atomic E-state index is 0.232. The molecule has 1 unspecified atom stereocenters. The number of guanidine groups is 1. The van der Waals surface area contributed by atoms with E-state index in [0.29, 0.717) is 11.9 Å². The van der Waals surface area contributed by atoms with Gasteiger partial charge in [0.05, 0.1) is 12.6 Å². The van der Waals surface area contributed by atoms with Crippen LogP contribution in [0.15, 0.2) is 29.3 Å². The van der Waals surface area contributed by atoms with Crippen LogP contribution < -0.4 is 5.73 Å². The second-order valence-corrected chi connectivity index (χ2v) is 5.25. The Kier molecular flexibility index (Phi) is 3.57. The molecule has 92 valence electrons. The van der Waals surface area contributed by atoms with E-state index in [4.69, 9.17) is 17.3 Å². The van der Waals surface area contributed by atoms with Gasteiger partial charge in [-0.2, -0.15) is 0 Å². The topological polar surface area (TPSA) is 41.6 Å². The number of aliphatic imine (C=N–C) groups is 1. The first-order valence-corrected chi connectivity index (χ1v) is 6.27. The van der Waals surface area contributed by atoms with Gasteiger partial charge in [-0.15, -0.1) is 0 Å². The van der Waals surface area contributed by atoms with E-state index in [1.807, 2.05) is 18.2 Å². The molecular formula is C13H18ClN3. The first kappa shape index (κ1) is 12.2. The van der Waals surface area contributed by atoms with E-state index >= 15 is 0 Å². The molecule has 17 heavy (non-hydrogen) atoms. The molecule has 1 aliphatic heterocycles. The van der Waals surface area contributed by atoms with Crippen LogP contribution in [-0.2, 0) is 0 Å². The highest BCUT2D eigenvalue weighted by atomic mass is 35.5. The van der Waals surface area contributed by atoms with Crippen molar-refractivity contribution in [2.45, 2.75) is 19.9 Å². The van der Waals surface area contributed by atoms with Gasteiger partial charge in [0, 0.05) is 11.6 Å². The number of nitrogens with two attached hydrogens (primary N) is 1. The molecule has 0 saturated heterocycles. The first-order valence-electron chi connectivity index (χ1n) is 5.90. The van der Waals surface area contributed by atoms with E-state index in [-0.39, 0.29) is 6.04 Å². The van der Waals surface area contributed by atoms with E-state index in [2.05, 4.69) is 29.8 Å². The normalized spacial score (nSPS) is 19.9. The number of halogens is 1. The summed E-state index contributed by atoms with van der Waals surface area (Å²) in [6.45, 7) is 6.01. The van der Waals surface area contributed by atoms with E-state index < -0.39 is 0 Å². The van der Waals surface area contributed by atoms with E-state index in [9.17, 15) is 0 Å². The largest absolute Gasteiger partial charge is 0.370 e. The smallest absolute Gasteiger partial charge is 0.191 e. The third-order valence-corrected chi connectivity index (χ3v) is 3.13. The zero-order chi connectivity index (χ0) is 12.4. The number of rotatable bonds is 3. The van der Waals surface area contributed by atoms with Crippen LogP contribution in [0.5, 0.6) is 0 Å². The molecule has 3 nitrogen and oxygen atoms in total. The fourth-order valence-electron chi connectivity index (χ4n) is 2.14. The molecule has 0 amide bonds. The summed E-state index contributed by atoms with van der Waals surface area (Å²) in [4.78, 5) is 6.50. The van der Waals surface area contributed by atoms with Crippen LogP contribution in [0.25, 0.3) is 0 Å². The average Bonchev–Trinajstić information content (AvgIpc) is 2.60. The standard InChI is InChI=1S/C13H18ClN3/c1-9(2)8-17-12(7-16-13(17)15)10-4-3-5-11(14)6-10/h3-6,9,12H,7-8H2,1-2H3,(H2,15,16). The molecule has 0 spiro atoms. The Hall–Kier alpha value is -1.22. The third-order valence-electron chi connectivity index (χ3n) is 2.89. The van der Waals surface area contributed by atoms with Crippen LogP contribution in [0.2, 0.25) is 5.02 Å². The summed E-state index contributed by atoms with van der Waals surface area (Å²) in [5, 5.41) is 0.762. The molecule has 1 aromatic carbocycles. The van der Waals surface area contributed by atoms with Gasteiger partial charge in [-0.3, -0.25) is 4.99 Å². The van der Waals surface area contributed by atoms with Gasteiger partial charge < -0.3 is 10.6 Å². The number of benzene rings is 1. The van der Waals surface area contributed by atoms with E-state index in [1.54, 1.807) is 0 Å². The lowest BCUT2D eigenvalue weighted by molar-refractivity contribution is 0.309. The number of hydrogen-bond acceptors (Lipinski definition) is 3. The fourth-order valence-corrected chi connectivity index (χ4v) is 2.34. The van der Waals surface area contributed by atoms with Crippen molar-refractivity contribution >= 4 is 17.6 Å². The molecule has 1 heterocycles. The molecule has 1 aromatic rings. The molecule has 2 rings (SSSR count). The monoisotopic (exact) mass is 251 g/mol. The highest BCUT2D eigenvalue weighted by Crippen LogP contribution is 2.27. The van der Waals surface area contributed by atoms with Crippen molar-refractivity contribution in [3.05, 3.63) is 34.9 Å². The minimum absolute atomic E-state index is 0.232. The second kappa shape index (κ2) is 4.96. The molecule has 0 aliphatic carbocycles. The Labute approximate surface area is 107 Å². The van der Waals surface area contributed by atoms with Gasteiger partial charge in [0.2, 0.25) is 0 Å². The molecule has 0 aromatic heterocycles. The summed E-state index contributed by atoms with van der Waals surface area (Å²) >= 11 is 6.03. The van der Waals surface area contributed by atoms with Crippen LogP contribution in [0.3, 0.4) is 0 Å². The summed E-state index contributed by atoms with van der Waals surface area (Å²) in [6.07, 6.45) is 0. The molecule has 1 atom stereocenters. The predicted octanol–water partition coefficient (Wildman–Crippen LogP) is 2.67. The van der Waals surface area contributed by atoms with Gasteiger partial charge in [-0.1, -0.05) is 37.6 Å². The highest BCUT2D eigenvalue weighted by molar-refractivity contribution is 6.30. The summed E-state index contributed by atoms with van der Waals surface area (Å²) in [5.41, 5.74) is 7.12. The summed E-state index contributed by atoms with van der Waals surface area (Å²) in [6, 6.07) is 8.17. The Morgan fingerprint density at radius 1 is 1.53 bits per heavy atom. The van der Waals surface area contributed by atoms with Crippen LogP contribution >= 0.6 is 11.6 Å².